The first-order valence-corrected chi connectivity index (χ1v) is 9.35. The summed E-state index contributed by atoms with van der Waals surface area (Å²) >= 11 is 0. The molecule has 6 N–H and O–H groups in total. The van der Waals surface area contributed by atoms with E-state index in [0.29, 0.717) is 5.56 Å². The van der Waals surface area contributed by atoms with Crippen molar-refractivity contribution < 1.29 is 49.6 Å². The highest BCUT2D eigenvalue weighted by Crippen LogP contribution is 2.42. The SMILES string of the molecule is CC1O[C@@H](Oc2cc(O)c3c(c2)O/C(=C/c2ccc(O)c(O)c2)C3=O)C(O)[C@@H](O)[C@H]1O. The van der Waals surface area contributed by atoms with Crippen LogP contribution in [-0.2, 0) is 4.74 Å². The van der Waals surface area contributed by atoms with Crippen LogP contribution in [0.2, 0.25) is 0 Å². The van der Waals surface area contributed by atoms with Crippen molar-refractivity contribution in [1.29, 1.82) is 0 Å². The first-order valence-electron chi connectivity index (χ1n) is 9.35. The molecule has 2 aromatic carbocycles. The molecule has 0 bridgehead atoms. The van der Waals surface area contributed by atoms with Crippen LogP contribution in [0.1, 0.15) is 22.8 Å². The van der Waals surface area contributed by atoms with Gasteiger partial charge in [-0.1, -0.05) is 6.07 Å². The fourth-order valence-corrected chi connectivity index (χ4v) is 3.36. The highest BCUT2D eigenvalue weighted by Gasteiger charge is 2.43. The molecule has 1 fully saturated rings. The Bertz CT molecular complexity index is 1060. The van der Waals surface area contributed by atoms with Gasteiger partial charge < -0.3 is 44.8 Å². The Hall–Kier alpha value is -3.31. The number of rotatable bonds is 3. The number of aliphatic hydroxyl groups is 3. The van der Waals surface area contributed by atoms with Gasteiger partial charge >= 0.3 is 0 Å². The molecule has 2 heterocycles. The van der Waals surface area contributed by atoms with E-state index in [1.807, 2.05) is 0 Å². The van der Waals surface area contributed by atoms with Crippen LogP contribution in [0.5, 0.6) is 28.7 Å². The van der Waals surface area contributed by atoms with Gasteiger partial charge in [0.05, 0.1) is 6.10 Å². The smallest absolute Gasteiger partial charge is 0.235 e. The average Bonchev–Trinajstić information content (AvgIpc) is 3.03. The summed E-state index contributed by atoms with van der Waals surface area (Å²) in [6.45, 7) is 1.50. The van der Waals surface area contributed by atoms with E-state index in [2.05, 4.69) is 0 Å². The van der Waals surface area contributed by atoms with Crippen LogP contribution in [-0.4, -0.2) is 67.1 Å². The van der Waals surface area contributed by atoms with E-state index in [-0.39, 0.29) is 34.3 Å². The summed E-state index contributed by atoms with van der Waals surface area (Å²) < 4.78 is 16.4. The van der Waals surface area contributed by atoms with Gasteiger partial charge in [-0.05, 0) is 30.7 Å². The highest BCUT2D eigenvalue weighted by molar-refractivity contribution is 6.16. The highest BCUT2D eigenvalue weighted by atomic mass is 16.7. The number of hydrogen-bond donors (Lipinski definition) is 6. The number of aliphatic hydroxyl groups excluding tert-OH is 3. The molecule has 164 valence electrons. The van der Waals surface area contributed by atoms with Crippen molar-refractivity contribution in [1.82, 2.24) is 0 Å². The lowest BCUT2D eigenvalue weighted by Crippen LogP contribution is -2.58. The minimum absolute atomic E-state index is 0.00631. The normalized spacial score (nSPS) is 29.0. The molecule has 10 nitrogen and oxygen atoms in total. The minimum Gasteiger partial charge on any atom is -0.507 e. The van der Waals surface area contributed by atoms with Gasteiger partial charge in [0.2, 0.25) is 12.1 Å². The number of aromatic hydroxyl groups is 3. The Labute approximate surface area is 175 Å². The summed E-state index contributed by atoms with van der Waals surface area (Å²) in [5.74, 6) is -1.87. The molecule has 2 unspecified atom stereocenters. The van der Waals surface area contributed by atoms with E-state index < -0.39 is 42.2 Å². The second-order valence-electron chi connectivity index (χ2n) is 7.30. The quantitative estimate of drug-likeness (QED) is 0.299. The van der Waals surface area contributed by atoms with Crippen molar-refractivity contribution in [2.45, 2.75) is 37.6 Å². The molecule has 1 saturated heterocycles. The first-order chi connectivity index (χ1) is 14.7. The molecule has 2 aliphatic heterocycles. The maximum Gasteiger partial charge on any atom is 0.235 e. The zero-order chi connectivity index (χ0) is 22.4. The number of carbonyl (C=O) groups excluding carboxylic acids is 1. The maximum absolute atomic E-state index is 12.6. The third-order valence-corrected chi connectivity index (χ3v) is 5.08. The van der Waals surface area contributed by atoms with Gasteiger partial charge in [-0.2, -0.15) is 0 Å². The number of ketones is 1. The zero-order valence-electron chi connectivity index (χ0n) is 16.2. The molecule has 0 radical (unpaired) electrons. The summed E-state index contributed by atoms with van der Waals surface area (Å²) in [5.41, 5.74) is 0.276. The van der Waals surface area contributed by atoms with Crippen LogP contribution in [0.4, 0.5) is 0 Å². The van der Waals surface area contributed by atoms with Crippen molar-refractivity contribution in [3.05, 3.63) is 47.2 Å². The van der Waals surface area contributed by atoms with Gasteiger partial charge in [-0.15, -0.1) is 0 Å². The Morgan fingerprint density at radius 2 is 1.68 bits per heavy atom. The van der Waals surface area contributed by atoms with Crippen LogP contribution in [0.15, 0.2) is 36.1 Å². The Morgan fingerprint density at radius 3 is 2.39 bits per heavy atom. The predicted molar refractivity (Wildman–Crippen MR) is 104 cm³/mol. The third-order valence-electron chi connectivity index (χ3n) is 5.08. The van der Waals surface area contributed by atoms with E-state index in [0.717, 1.165) is 6.07 Å². The van der Waals surface area contributed by atoms with E-state index in [1.54, 1.807) is 0 Å². The van der Waals surface area contributed by atoms with E-state index in [9.17, 15) is 35.4 Å². The number of Topliss-reactive ketones (excluding diaryl/α,β-unsaturated/α-hetero) is 1. The van der Waals surface area contributed by atoms with Crippen molar-refractivity contribution in [3.63, 3.8) is 0 Å². The fraction of sp³-hybridized carbons (Fsp3) is 0.286. The Balaban J connectivity index is 1.59. The van der Waals surface area contributed by atoms with Crippen molar-refractivity contribution in [3.8, 4) is 28.7 Å². The summed E-state index contributed by atoms with van der Waals surface area (Å²) in [4.78, 5) is 12.6. The molecule has 0 saturated carbocycles. The number of carbonyl (C=O) groups is 1. The van der Waals surface area contributed by atoms with E-state index >= 15 is 0 Å². The van der Waals surface area contributed by atoms with E-state index in [4.69, 9.17) is 14.2 Å². The molecule has 0 amide bonds. The molecule has 0 spiro atoms. The molecular formula is C21H20O10. The second kappa shape index (κ2) is 7.75. The second-order valence-corrected chi connectivity index (χ2v) is 7.30. The summed E-state index contributed by atoms with van der Waals surface area (Å²) in [7, 11) is 0. The first kappa shape index (κ1) is 20.9. The Morgan fingerprint density at radius 1 is 0.935 bits per heavy atom. The van der Waals surface area contributed by atoms with Gasteiger partial charge in [0.25, 0.3) is 0 Å². The standard InChI is InChI=1S/C21H20O10/c1-8-17(25)19(27)20(28)21(29-8)30-10-6-13(24)16-14(7-10)31-15(18(16)26)5-9-2-3-11(22)12(23)4-9/h2-8,17,19-25,27-28H,1H3/b15-5+/t8?,17-,19-,20?,21-/m0/s1. The number of phenols is 3. The molecule has 2 aromatic rings. The summed E-state index contributed by atoms with van der Waals surface area (Å²) in [5, 5.41) is 59.0. The molecule has 0 aliphatic carbocycles. The van der Waals surface area contributed by atoms with Crippen LogP contribution >= 0.6 is 0 Å². The largest absolute Gasteiger partial charge is 0.507 e. The number of hydrogen-bond acceptors (Lipinski definition) is 10. The van der Waals surface area contributed by atoms with Crippen molar-refractivity contribution in [2.24, 2.45) is 0 Å². The molecule has 5 atom stereocenters. The molecule has 10 heteroatoms. The van der Waals surface area contributed by atoms with Gasteiger partial charge in [0, 0.05) is 12.1 Å². The topological polar surface area (TPSA) is 166 Å². The lowest BCUT2D eigenvalue weighted by molar-refractivity contribution is -0.268. The molecule has 4 rings (SSSR count). The fourth-order valence-electron chi connectivity index (χ4n) is 3.36. The maximum atomic E-state index is 12.6. The number of phenolic OH excluding ortho intramolecular Hbond substituents is 3. The Kier molecular flexibility index (Phi) is 5.23. The van der Waals surface area contributed by atoms with Crippen molar-refractivity contribution in [2.75, 3.05) is 0 Å². The lowest BCUT2D eigenvalue weighted by atomic mass is 10.00. The molecule has 0 aromatic heterocycles. The number of fused-ring (bicyclic) bond motifs is 1. The minimum atomic E-state index is -1.55. The number of benzene rings is 2. The molecule has 2 aliphatic rings. The lowest BCUT2D eigenvalue weighted by Gasteiger charge is -2.38. The van der Waals surface area contributed by atoms with Gasteiger partial charge in [0.1, 0.15) is 41.1 Å². The third kappa shape index (κ3) is 3.77. The van der Waals surface area contributed by atoms with Crippen LogP contribution in [0, 0.1) is 0 Å². The number of allylic oxidation sites excluding steroid dienone is 1. The predicted octanol–water partition coefficient (Wildman–Crippen LogP) is 0.626. The zero-order valence-corrected chi connectivity index (χ0v) is 16.2. The van der Waals surface area contributed by atoms with Crippen LogP contribution in [0.25, 0.3) is 6.08 Å². The van der Waals surface area contributed by atoms with Crippen LogP contribution in [0.3, 0.4) is 0 Å². The van der Waals surface area contributed by atoms with Crippen LogP contribution < -0.4 is 9.47 Å². The molecule has 31 heavy (non-hydrogen) atoms. The number of ether oxygens (including phenoxy) is 3. The monoisotopic (exact) mass is 432 g/mol. The van der Waals surface area contributed by atoms with Crippen molar-refractivity contribution >= 4 is 11.9 Å². The van der Waals surface area contributed by atoms with Gasteiger partial charge in [-0.25, -0.2) is 0 Å². The summed E-state index contributed by atoms with van der Waals surface area (Å²) in [6.07, 6.45) is -5.17. The summed E-state index contributed by atoms with van der Waals surface area (Å²) in [6, 6.07) is 6.38. The van der Waals surface area contributed by atoms with Gasteiger partial charge in [0.15, 0.2) is 17.3 Å². The van der Waals surface area contributed by atoms with E-state index in [1.165, 1.54) is 37.3 Å². The average molecular weight is 432 g/mol. The molecular weight excluding hydrogens is 412 g/mol. The van der Waals surface area contributed by atoms with Gasteiger partial charge in [-0.3, -0.25) is 4.79 Å².